The van der Waals surface area contributed by atoms with Crippen molar-refractivity contribution in [3.8, 4) is 0 Å². The summed E-state index contributed by atoms with van der Waals surface area (Å²) in [5.41, 5.74) is 0. The summed E-state index contributed by atoms with van der Waals surface area (Å²) in [6.45, 7) is 6.24. The number of carbonyl (C=O) groups excluding carboxylic acids is 1. The van der Waals surface area contributed by atoms with Crippen LogP contribution in [0.2, 0.25) is 0 Å². The summed E-state index contributed by atoms with van der Waals surface area (Å²) in [6.07, 6.45) is 3.28. The Morgan fingerprint density at radius 3 is 2.75 bits per heavy atom. The molecule has 1 aliphatic heterocycles. The Kier molecular flexibility index (Phi) is 3.12. The molecule has 2 heteroatoms. The van der Waals surface area contributed by atoms with Crippen LogP contribution in [-0.2, 0) is 9.53 Å². The van der Waals surface area contributed by atoms with Crippen LogP contribution in [0, 0.1) is 11.8 Å². The number of cyclic esters (lactones) is 1. The van der Waals surface area contributed by atoms with Crippen LogP contribution in [0.3, 0.4) is 0 Å². The van der Waals surface area contributed by atoms with Crippen LogP contribution >= 0.6 is 0 Å². The SMILES string of the molecule is CCCC1OC(=O)C(C)CC1C. The highest BCUT2D eigenvalue weighted by atomic mass is 16.5. The third kappa shape index (κ3) is 1.99. The molecule has 0 N–H and O–H groups in total. The second-order valence-electron chi connectivity index (χ2n) is 3.88. The number of carbonyl (C=O) groups is 1. The van der Waals surface area contributed by atoms with Gasteiger partial charge in [0.05, 0.1) is 5.92 Å². The molecule has 0 amide bonds. The predicted molar refractivity (Wildman–Crippen MR) is 47.7 cm³/mol. The molecule has 2 nitrogen and oxygen atoms in total. The van der Waals surface area contributed by atoms with Gasteiger partial charge in [-0.2, -0.15) is 0 Å². The quantitative estimate of drug-likeness (QED) is 0.595. The summed E-state index contributed by atoms with van der Waals surface area (Å²) in [5.74, 6) is 0.636. The van der Waals surface area contributed by atoms with Crippen molar-refractivity contribution < 1.29 is 9.53 Å². The van der Waals surface area contributed by atoms with Gasteiger partial charge < -0.3 is 4.74 Å². The van der Waals surface area contributed by atoms with E-state index in [0.29, 0.717) is 5.92 Å². The van der Waals surface area contributed by atoms with Gasteiger partial charge in [-0.1, -0.05) is 27.2 Å². The van der Waals surface area contributed by atoms with E-state index in [0.717, 1.165) is 19.3 Å². The van der Waals surface area contributed by atoms with Crippen molar-refractivity contribution in [3.05, 3.63) is 0 Å². The molecule has 3 atom stereocenters. The van der Waals surface area contributed by atoms with Crippen molar-refractivity contribution in [1.82, 2.24) is 0 Å². The van der Waals surface area contributed by atoms with Crippen LogP contribution in [0.4, 0.5) is 0 Å². The zero-order chi connectivity index (χ0) is 9.14. The lowest BCUT2D eigenvalue weighted by Gasteiger charge is -2.31. The van der Waals surface area contributed by atoms with Crippen molar-refractivity contribution in [3.63, 3.8) is 0 Å². The molecule has 0 saturated carbocycles. The van der Waals surface area contributed by atoms with Crippen molar-refractivity contribution in [2.75, 3.05) is 0 Å². The fraction of sp³-hybridized carbons (Fsp3) is 0.900. The number of hydrogen-bond donors (Lipinski definition) is 0. The van der Waals surface area contributed by atoms with E-state index in [1.165, 1.54) is 0 Å². The predicted octanol–water partition coefficient (Wildman–Crippen LogP) is 2.37. The van der Waals surface area contributed by atoms with Gasteiger partial charge in [-0.05, 0) is 18.8 Å². The molecule has 1 aliphatic rings. The molecule has 1 heterocycles. The number of rotatable bonds is 2. The maximum absolute atomic E-state index is 11.2. The summed E-state index contributed by atoms with van der Waals surface area (Å²) in [4.78, 5) is 11.2. The molecule has 1 rings (SSSR count). The monoisotopic (exact) mass is 170 g/mol. The molecule has 0 aliphatic carbocycles. The Hall–Kier alpha value is -0.530. The first kappa shape index (κ1) is 9.56. The topological polar surface area (TPSA) is 26.3 Å². The van der Waals surface area contributed by atoms with Crippen molar-refractivity contribution >= 4 is 5.97 Å². The molecule has 0 radical (unpaired) electrons. The fourth-order valence-corrected chi connectivity index (χ4v) is 1.82. The molecule has 0 bridgehead atoms. The van der Waals surface area contributed by atoms with E-state index in [4.69, 9.17) is 4.74 Å². The first-order valence-electron chi connectivity index (χ1n) is 4.85. The van der Waals surface area contributed by atoms with Crippen molar-refractivity contribution in [2.45, 2.75) is 46.1 Å². The van der Waals surface area contributed by atoms with E-state index >= 15 is 0 Å². The van der Waals surface area contributed by atoms with E-state index in [9.17, 15) is 4.79 Å². The zero-order valence-corrected chi connectivity index (χ0v) is 8.17. The lowest BCUT2D eigenvalue weighted by atomic mass is 9.88. The Morgan fingerprint density at radius 2 is 2.17 bits per heavy atom. The molecule has 0 spiro atoms. The standard InChI is InChI=1S/C10H18O2/c1-4-5-9-7(2)6-8(3)10(11)12-9/h7-9H,4-6H2,1-3H3. The highest BCUT2D eigenvalue weighted by molar-refractivity contribution is 5.72. The Bertz CT molecular complexity index is 165. The van der Waals surface area contributed by atoms with Gasteiger partial charge in [-0.25, -0.2) is 0 Å². The summed E-state index contributed by atoms with van der Waals surface area (Å²) in [7, 11) is 0. The van der Waals surface area contributed by atoms with Gasteiger partial charge >= 0.3 is 5.97 Å². The molecular weight excluding hydrogens is 152 g/mol. The zero-order valence-electron chi connectivity index (χ0n) is 8.17. The number of hydrogen-bond acceptors (Lipinski definition) is 2. The smallest absolute Gasteiger partial charge is 0.308 e. The van der Waals surface area contributed by atoms with E-state index in [1.54, 1.807) is 0 Å². The van der Waals surface area contributed by atoms with Crippen LogP contribution in [0.25, 0.3) is 0 Å². The third-order valence-corrected chi connectivity index (χ3v) is 2.60. The van der Waals surface area contributed by atoms with Gasteiger partial charge in [0.25, 0.3) is 0 Å². The molecule has 0 aromatic heterocycles. The van der Waals surface area contributed by atoms with E-state index < -0.39 is 0 Å². The largest absolute Gasteiger partial charge is 0.462 e. The first-order chi connectivity index (χ1) is 5.65. The van der Waals surface area contributed by atoms with E-state index in [1.807, 2.05) is 6.92 Å². The summed E-state index contributed by atoms with van der Waals surface area (Å²) >= 11 is 0. The molecule has 3 unspecified atom stereocenters. The van der Waals surface area contributed by atoms with Crippen LogP contribution in [0.5, 0.6) is 0 Å². The lowest BCUT2D eigenvalue weighted by Crippen LogP contribution is -2.35. The van der Waals surface area contributed by atoms with Gasteiger partial charge in [0, 0.05) is 0 Å². The van der Waals surface area contributed by atoms with Crippen LogP contribution in [-0.4, -0.2) is 12.1 Å². The fourth-order valence-electron chi connectivity index (χ4n) is 1.82. The average Bonchev–Trinajstić information content (AvgIpc) is 2.01. The molecule has 70 valence electrons. The van der Waals surface area contributed by atoms with Crippen LogP contribution < -0.4 is 0 Å². The van der Waals surface area contributed by atoms with Gasteiger partial charge in [0.2, 0.25) is 0 Å². The highest BCUT2D eigenvalue weighted by Gasteiger charge is 2.31. The molecular formula is C10H18O2. The summed E-state index contributed by atoms with van der Waals surface area (Å²) in [6, 6.07) is 0. The Balaban J connectivity index is 2.49. The number of esters is 1. The summed E-state index contributed by atoms with van der Waals surface area (Å²) < 4.78 is 5.31. The first-order valence-corrected chi connectivity index (χ1v) is 4.85. The normalized spacial score (nSPS) is 36.2. The van der Waals surface area contributed by atoms with Gasteiger partial charge in [0.1, 0.15) is 6.10 Å². The van der Waals surface area contributed by atoms with Gasteiger partial charge in [-0.15, -0.1) is 0 Å². The maximum Gasteiger partial charge on any atom is 0.308 e. The summed E-state index contributed by atoms with van der Waals surface area (Å²) in [5, 5.41) is 0. The molecule has 0 aromatic carbocycles. The van der Waals surface area contributed by atoms with Gasteiger partial charge in [-0.3, -0.25) is 4.79 Å². The average molecular weight is 170 g/mol. The minimum atomic E-state index is -0.00782. The number of ether oxygens (including phenoxy) is 1. The highest BCUT2D eigenvalue weighted by Crippen LogP contribution is 2.27. The Labute approximate surface area is 74.3 Å². The maximum atomic E-state index is 11.2. The molecule has 0 aromatic rings. The lowest BCUT2D eigenvalue weighted by molar-refractivity contribution is -0.164. The molecule has 1 saturated heterocycles. The van der Waals surface area contributed by atoms with Crippen LogP contribution in [0.15, 0.2) is 0 Å². The Morgan fingerprint density at radius 1 is 1.50 bits per heavy atom. The third-order valence-electron chi connectivity index (χ3n) is 2.60. The van der Waals surface area contributed by atoms with Crippen LogP contribution in [0.1, 0.15) is 40.0 Å². The van der Waals surface area contributed by atoms with Crippen molar-refractivity contribution in [1.29, 1.82) is 0 Å². The molecule has 12 heavy (non-hydrogen) atoms. The second kappa shape index (κ2) is 3.92. The van der Waals surface area contributed by atoms with E-state index in [-0.39, 0.29) is 18.0 Å². The minimum Gasteiger partial charge on any atom is -0.462 e. The molecule has 1 fully saturated rings. The van der Waals surface area contributed by atoms with Crippen molar-refractivity contribution in [2.24, 2.45) is 11.8 Å². The van der Waals surface area contributed by atoms with Gasteiger partial charge in [0.15, 0.2) is 0 Å². The van der Waals surface area contributed by atoms with E-state index in [2.05, 4.69) is 13.8 Å². The second-order valence-corrected chi connectivity index (χ2v) is 3.88. The minimum absolute atomic E-state index is 0.00782.